The molecule has 0 aliphatic rings. The number of carbonyl (C=O) groups excluding carboxylic acids is 2. The number of amides is 1. The van der Waals surface area contributed by atoms with E-state index in [0.29, 0.717) is 11.0 Å². The summed E-state index contributed by atoms with van der Waals surface area (Å²) in [6.45, 7) is 4.16. The summed E-state index contributed by atoms with van der Waals surface area (Å²) in [6.07, 6.45) is 2.96. The number of rotatable bonds is 5. The van der Waals surface area contributed by atoms with Crippen molar-refractivity contribution >= 4 is 28.3 Å². The number of carbonyl (C=O) groups is 2. The van der Waals surface area contributed by atoms with E-state index in [0.717, 1.165) is 23.6 Å². The first-order valence-electron chi connectivity index (χ1n) is 5.40. The molecule has 7 heteroatoms. The summed E-state index contributed by atoms with van der Waals surface area (Å²) in [5.41, 5.74) is 0. The molecule has 0 unspecified atom stereocenters. The van der Waals surface area contributed by atoms with Crippen molar-refractivity contribution in [2.75, 3.05) is 12.4 Å². The number of aromatic nitrogens is 2. The molecule has 98 valence electrons. The van der Waals surface area contributed by atoms with Crippen LogP contribution in [0.2, 0.25) is 0 Å². The van der Waals surface area contributed by atoms with Gasteiger partial charge >= 0.3 is 5.97 Å². The van der Waals surface area contributed by atoms with Gasteiger partial charge in [0.15, 0.2) is 0 Å². The van der Waals surface area contributed by atoms with Crippen molar-refractivity contribution in [2.24, 2.45) is 5.92 Å². The summed E-state index contributed by atoms with van der Waals surface area (Å²) in [5.74, 6) is -0.531. The molecule has 0 bridgehead atoms. The first kappa shape index (κ1) is 14.3. The van der Waals surface area contributed by atoms with Gasteiger partial charge in [-0.2, -0.15) is 0 Å². The molecular formula is C11H15N3O3S. The van der Waals surface area contributed by atoms with Crippen LogP contribution in [0.3, 0.4) is 0 Å². The third-order valence-corrected chi connectivity index (χ3v) is 2.71. The molecule has 0 radical (unpaired) electrons. The highest BCUT2D eigenvalue weighted by atomic mass is 32.1. The average Bonchev–Trinajstić information content (AvgIpc) is 2.72. The summed E-state index contributed by atoms with van der Waals surface area (Å²) in [4.78, 5) is 22.2. The molecule has 0 aliphatic carbocycles. The minimum atomic E-state index is -0.581. The standard InChI is InChI=1S/C11H15N3O3S/c1-7(2)6-9-13-14-11(18-9)12-8(15)4-5-10(16)17-3/h4-5,7H,6H2,1-3H3,(H,12,14,15)/b5-4+. The largest absolute Gasteiger partial charge is 0.466 e. The van der Waals surface area contributed by atoms with Crippen molar-refractivity contribution in [3.05, 3.63) is 17.2 Å². The van der Waals surface area contributed by atoms with Crippen molar-refractivity contribution in [3.63, 3.8) is 0 Å². The quantitative estimate of drug-likeness (QED) is 0.645. The van der Waals surface area contributed by atoms with E-state index in [9.17, 15) is 9.59 Å². The van der Waals surface area contributed by atoms with E-state index in [1.165, 1.54) is 18.4 Å². The summed E-state index contributed by atoms with van der Waals surface area (Å²) >= 11 is 1.33. The van der Waals surface area contributed by atoms with Gasteiger partial charge in [-0.25, -0.2) is 4.79 Å². The second kappa shape index (κ2) is 6.85. The predicted molar refractivity (Wildman–Crippen MR) is 68.2 cm³/mol. The minimum Gasteiger partial charge on any atom is -0.466 e. The molecule has 1 amide bonds. The molecule has 0 aromatic carbocycles. The summed E-state index contributed by atoms with van der Waals surface area (Å²) in [7, 11) is 1.24. The molecule has 0 spiro atoms. The number of esters is 1. The Morgan fingerprint density at radius 3 is 2.72 bits per heavy atom. The Kier molecular flexibility index (Phi) is 5.44. The lowest BCUT2D eigenvalue weighted by molar-refractivity contribution is -0.135. The fourth-order valence-corrected chi connectivity index (χ4v) is 2.05. The van der Waals surface area contributed by atoms with E-state index in [4.69, 9.17) is 0 Å². The van der Waals surface area contributed by atoms with Crippen LogP contribution < -0.4 is 5.32 Å². The first-order chi connectivity index (χ1) is 8.51. The Balaban J connectivity index is 2.52. The molecule has 0 saturated carbocycles. The van der Waals surface area contributed by atoms with Gasteiger partial charge in [0.2, 0.25) is 11.0 Å². The lowest BCUT2D eigenvalue weighted by Crippen LogP contribution is -2.08. The fourth-order valence-electron chi connectivity index (χ4n) is 1.09. The van der Waals surface area contributed by atoms with Gasteiger partial charge in [0.1, 0.15) is 5.01 Å². The fraction of sp³-hybridized carbons (Fsp3) is 0.455. The normalized spacial score (nSPS) is 10.9. The van der Waals surface area contributed by atoms with Gasteiger partial charge in [-0.15, -0.1) is 10.2 Å². The van der Waals surface area contributed by atoms with E-state index in [-0.39, 0.29) is 0 Å². The average molecular weight is 269 g/mol. The Morgan fingerprint density at radius 2 is 2.11 bits per heavy atom. The second-order valence-corrected chi connectivity index (χ2v) is 5.01. The third kappa shape index (κ3) is 5.05. The summed E-state index contributed by atoms with van der Waals surface area (Å²) in [5, 5.41) is 11.6. The zero-order chi connectivity index (χ0) is 13.5. The molecule has 6 nitrogen and oxygen atoms in total. The smallest absolute Gasteiger partial charge is 0.330 e. The highest BCUT2D eigenvalue weighted by Crippen LogP contribution is 2.18. The number of nitrogens with one attached hydrogen (secondary N) is 1. The number of hydrogen-bond donors (Lipinski definition) is 1. The molecule has 18 heavy (non-hydrogen) atoms. The van der Waals surface area contributed by atoms with Crippen LogP contribution in [0.15, 0.2) is 12.2 Å². The SMILES string of the molecule is COC(=O)/C=C/C(=O)Nc1nnc(CC(C)C)s1. The summed E-state index contributed by atoms with van der Waals surface area (Å²) < 4.78 is 4.37. The van der Waals surface area contributed by atoms with Gasteiger partial charge in [0.05, 0.1) is 7.11 Å². The monoisotopic (exact) mass is 269 g/mol. The number of anilines is 1. The van der Waals surface area contributed by atoms with Crippen LogP contribution in [0.25, 0.3) is 0 Å². The lowest BCUT2D eigenvalue weighted by atomic mass is 10.1. The Labute approximate surface area is 109 Å². The molecule has 1 rings (SSSR count). The molecule has 0 atom stereocenters. The highest BCUT2D eigenvalue weighted by Gasteiger charge is 2.07. The van der Waals surface area contributed by atoms with Gasteiger partial charge in [-0.05, 0) is 5.92 Å². The van der Waals surface area contributed by atoms with Crippen LogP contribution in [-0.2, 0) is 20.7 Å². The number of hydrogen-bond acceptors (Lipinski definition) is 6. The number of methoxy groups -OCH3 is 1. The maximum Gasteiger partial charge on any atom is 0.330 e. The first-order valence-corrected chi connectivity index (χ1v) is 6.22. The van der Waals surface area contributed by atoms with Crippen molar-refractivity contribution < 1.29 is 14.3 Å². The second-order valence-electron chi connectivity index (χ2n) is 3.94. The third-order valence-electron chi connectivity index (χ3n) is 1.85. The van der Waals surface area contributed by atoms with E-state index in [1.807, 2.05) is 0 Å². The van der Waals surface area contributed by atoms with E-state index < -0.39 is 11.9 Å². The van der Waals surface area contributed by atoms with Crippen LogP contribution >= 0.6 is 11.3 Å². The number of ether oxygens (including phenoxy) is 1. The zero-order valence-electron chi connectivity index (χ0n) is 10.5. The van der Waals surface area contributed by atoms with E-state index >= 15 is 0 Å². The molecule has 1 aromatic heterocycles. The molecule has 0 saturated heterocycles. The van der Waals surface area contributed by atoms with E-state index in [2.05, 4.69) is 34.1 Å². The molecular weight excluding hydrogens is 254 g/mol. The predicted octanol–water partition coefficient (Wildman–Crippen LogP) is 1.40. The van der Waals surface area contributed by atoms with Gasteiger partial charge in [0, 0.05) is 18.6 Å². The van der Waals surface area contributed by atoms with Crippen molar-refractivity contribution in [1.82, 2.24) is 10.2 Å². The Bertz CT molecular complexity index is 454. The van der Waals surface area contributed by atoms with Crippen molar-refractivity contribution in [3.8, 4) is 0 Å². The maximum absolute atomic E-state index is 11.4. The molecule has 0 fully saturated rings. The van der Waals surface area contributed by atoms with Crippen LogP contribution in [0.1, 0.15) is 18.9 Å². The molecule has 1 aromatic rings. The highest BCUT2D eigenvalue weighted by molar-refractivity contribution is 7.15. The van der Waals surface area contributed by atoms with Gasteiger partial charge in [-0.1, -0.05) is 25.2 Å². The molecule has 1 N–H and O–H groups in total. The van der Waals surface area contributed by atoms with Gasteiger partial charge in [0.25, 0.3) is 0 Å². The van der Waals surface area contributed by atoms with Crippen LogP contribution in [0, 0.1) is 5.92 Å². The lowest BCUT2D eigenvalue weighted by Gasteiger charge is -1.97. The topological polar surface area (TPSA) is 81.2 Å². The molecule has 1 heterocycles. The minimum absolute atomic E-state index is 0.421. The Morgan fingerprint density at radius 1 is 1.39 bits per heavy atom. The van der Waals surface area contributed by atoms with E-state index in [1.54, 1.807) is 0 Å². The van der Waals surface area contributed by atoms with Crippen molar-refractivity contribution in [2.45, 2.75) is 20.3 Å². The zero-order valence-corrected chi connectivity index (χ0v) is 11.3. The van der Waals surface area contributed by atoms with Crippen LogP contribution in [0.4, 0.5) is 5.13 Å². The van der Waals surface area contributed by atoms with Crippen LogP contribution in [-0.4, -0.2) is 29.2 Å². The molecule has 0 aliphatic heterocycles. The van der Waals surface area contributed by atoms with Crippen LogP contribution in [0.5, 0.6) is 0 Å². The van der Waals surface area contributed by atoms with Gasteiger partial charge in [-0.3, -0.25) is 10.1 Å². The van der Waals surface area contributed by atoms with Crippen molar-refractivity contribution in [1.29, 1.82) is 0 Å². The maximum atomic E-state index is 11.4. The number of nitrogens with zero attached hydrogens (tertiary/aromatic N) is 2. The Hall–Kier alpha value is -1.76. The summed E-state index contributed by atoms with van der Waals surface area (Å²) in [6, 6.07) is 0. The van der Waals surface area contributed by atoms with Gasteiger partial charge < -0.3 is 4.74 Å².